The summed E-state index contributed by atoms with van der Waals surface area (Å²) in [7, 11) is 0. The minimum atomic E-state index is 0.0332. The molecule has 1 aliphatic carbocycles. The molecule has 5 nitrogen and oxygen atoms in total. The summed E-state index contributed by atoms with van der Waals surface area (Å²) in [6.45, 7) is 4.66. The Bertz CT molecular complexity index is 632. The van der Waals surface area contributed by atoms with E-state index in [0.717, 1.165) is 37.0 Å². The number of hydrogen-bond acceptors (Lipinski definition) is 4. The molecule has 1 aromatic rings. The molecule has 3 heterocycles. The molecule has 3 aliphatic rings. The van der Waals surface area contributed by atoms with Gasteiger partial charge in [-0.1, -0.05) is 19.8 Å². The second-order valence-corrected chi connectivity index (χ2v) is 8.32. The Hall–Kier alpha value is -1.43. The molecule has 0 radical (unpaired) electrons. The van der Waals surface area contributed by atoms with E-state index in [2.05, 4.69) is 16.8 Å². The first kappa shape index (κ1) is 15.1. The Morgan fingerprint density at radius 2 is 2.04 bits per heavy atom. The Balaban J connectivity index is 1.75. The van der Waals surface area contributed by atoms with Crippen LogP contribution in [-0.4, -0.2) is 51.3 Å². The second kappa shape index (κ2) is 5.30. The number of fused-ring (bicyclic) bond motifs is 1. The van der Waals surface area contributed by atoms with Crippen molar-refractivity contribution >= 4 is 23.2 Å². The zero-order valence-electron chi connectivity index (χ0n) is 13.7. The van der Waals surface area contributed by atoms with Gasteiger partial charge in [-0.3, -0.25) is 14.6 Å². The van der Waals surface area contributed by atoms with Crippen LogP contribution in [-0.2, 0) is 4.79 Å². The van der Waals surface area contributed by atoms with E-state index in [1.54, 1.807) is 18.6 Å². The van der Waals surface area contributed by atoms with Crippen molar-refractivity contribution in [3.63, 3.8) is 0 Å². The monoisotopic (exact) mass is 333 g/mol. The highest BCUT2D eigenvalue weighted by Crippen LogP contribution is 2.53. The van der Waals surface area contributed by atoms with Gasteiger partial charge in [-0.05, 0) is 19.3 Å². The van der Waals surface area contributed by atoms with Crippen LogP contribution in [0.5, 0.6) is 0 Å². The third kappa shape index (κ3) is 2.14. The Morgan fingerprint density at radius 3 is 2.70 bits per heavy atom. The zero-order valence-corrected chi connectivity index (χ0v) is 14.5. The highest BCUT2D eigenvalue weighted by atomic mass is 32.1. The molecule has 0 aromatic carbocycles. The standard InChI is InChI=1S/C17H23N3O2S/c1-11(21)19-9-12-7-17(2)14(19)5-3-4-6-15(17)20(12)16(22)13-8-18-10-23-13/h8,10,12,14-15H,3-7,9H2,1-2H3/t12-,14+,15-,17+/m0/s1. The van der Waals surface area contributed by atoms with Crippen molar-refractivity contribution in [1.82, 2.24) is 14.8 Å². The number of hydrogen-bond donors (Lipinski definition) is 0. The third-order valence-corrected chi connectivity index (χ3v) is 6.96. The Labute approximate surface area is 140 Å². The predicted molar refractivity (Wildman–Crippen MR) is 88.2 cm³/mol. The molecule has 2 aliphatic heterocycles. The van der Waals surface area contributed by atoms with Gasteiger partial charge in [-0.15, -0.1) is 11.3 Å². The molecule has 23 heavy (non-hydrogen) atoms. The highest BCUT2D eigenvalue weighted by molar-refractivity contribution is 7.11. The minimum Gasteiger partial charge on any atom is -0.337 e. The lowest BCUT2D eigenvalue weighted by Crippen LogP contribution is -2.55. The summed E-state index contributed by atoms with van der Waals surface area (Å²) >= 11 is 1.41. The van der Waals surface area contributed by atoms with E-state index >= 15 is 0 Å². The Morgan fingerprint density at radius 1 is 1.30 bits per heavy atom. The number of likely N-dealkylation sites (tertiary alicyclic amines) is 2. The van der Waals surface area contributed by atoms with Gasteiger partial charge in [0, 0.05) is 31.0 Å². The number of carbonyl (C=O) groups excluding carboxylic acids is 2. The van der Waals surface area contributed by atoms with E-state index in [-0.39, 0.29) is 35.4 Å². The summed E-state index contributed by atoms with van der Waals surface area (Å²) in [4.78, 5) is 34.2. The van der Waals surface area contributed by atoms with Crippen molar-refractivity contribution in [1.29, 1.82) is 0 Å². The molecule has 2 bridgehead atoms. The van der Waals surface area contributed by atoms with Crippen molar-refractivity contribution in [3.05, 3.63) is 16.6 Å². The van der Waals surface area contributed by atoms with Crippen LogP contribution in [0.3, 0.4) is 0 Å². The molecule has 124 valence electrons. The molecule has 1 aromatic heterocycles. The normalized spacial score (nSPS) is 36.0. The van der Waals surface area contributed by atoms with Crippen LogP contribution in [0.1, 0.15) is 55.6 Å². The summed E-state index contributed by atoms with van der Waals surface area (Å²) in [5.41, 5.74) is 1.75. The van der Waals surface area contributed by atoms with Crippen molar-refractivity contribution in [3.8, 4) is 0 Å². The molecule has 0 N–H and O–H groups in total. The average Bonchev–Trinajstić information content (AvgIpc) is 3.08. The van der Waals surface area contributed by atoms with Gasteiger partial charge in [0.25, 0.3) is 5.91 Å². The number of amides is 2. The van der Waals surface area contributed by atoms with Crippen LogP contribution in [0.2, 0.25) is 0 Å². The fourth-order valence-corrected chi connectivity index (χ4v) is 5.83. The number of thiazole rings is 1. The second-order valence-electron chi connectivity index (χ2n) is 7.43. The lowest BCUT2D eigenvalue weighted by Gasteiger charge is -2.46. The molecule has 1 saturated carbocycles. The summed E-state index contributed by atoms with van der Waals surface area (Å²) in [5.74, 6) is 0.260. The maximum absolute atomic E-state index is 13.1. The summed E-state index contributed by atoms with van der Waals surface area (Å²) in [6.07, 6.45) is 7.11. The third-order valence-electron chi connectivity index (χ3n) is 6.20. The van der Waals surface area contributed by atoms with Crippen molar-refractivity contribution in [2.24, 2.45) is 5.41 Å². The van der Waals surface area contributed by atoms with E-state index in [9.17, 15) is 9.59 Å². The number of carbonyl (C=O) groups is 2. The van der Waals surface area contributed by atoms with Gasteiger partial charge in [0.05, 0.1) is 17.7 Å². The number of nitrogens with zero attached hydrogens (tertiary/aromatic N) is 3. The van der Waals surface area contributed by atoms with E-state index in [0.29, 0.717) is 6.54 Å². The SMILES string of the molecule is CC(=O)N1C[C@@H]2C[C@@]3(C)[C@H](CCCC[C@@H]13)N2C(=O)c1cncs1. The number of aromatic nitrogens is 1. The first-order chi connectivity index (χ1) is 11.0. The van der Waals surface area contributed by atoms with Crippen molar-refractivity contribution < 1.29 is 9.59 Å². The number of piperidine rings is 1. The molecule has 2 saturated heterocycles. The van der Waals surface area contributed by atoms with Crippen LogP contribution in [0, 0.1) is 5.41 Å². The number of rotatable bonds is 1. The maximum atomic E-state index is 13.1. The Kier molecular flexibility index (Phi) is 3.48. The molecule has 4 atom stereocenters. The van der Waals surface area contributed by atoms with Crippen LogP contribution in [0.25, 0.3) is 0 Å². The smallest absolute Gasteiger partial charge is 0.266 e. The molecule has 0 spiro atoms. The van der Waals surface area contributed by atoms with Gasteiger partial charge in [-0.2, -0.15) is 0 Å². The average molecular weight is 333 g/mol. The first-order valence-corrected chi connectivity index (χ1v) is 9.38. The van der Waals surface area contributed by atoms with Gasteiger partial charge < -0.3 is 9.80 Å². The molecular weight excluding hydrogens is 310 g/mol. The molecule has 2 amide bonds. The zero-order chi connectivity index (χ0) is 16.2. The van der Waals surface area contributed by atoms with Crippen molar-refractivity contribution in [2.45, 2.75) is 64.1 Å². The predicted octanol–water partition coefficient (Wildman–Crippen LogP) is 2.54. The topological polar surface area (TPSA) is 53.5 Å². The lowest BCUT2D eigenvalue weighted by atomic mass is 9.71. The van der Waals surface area contributed by atoms with Crippen LogP contribution in [0.4, 0.5) is 0 Å². The van der Waals surface area contributed by atoms with Crippen LogP contribution >= 0.6 is 11.3 Å². The van der Waals surface area contributed by atoms with Crippen LogP contribution < -0.4 is 0 Å². The molecular formula is C17H23N3O2S. The molecule has 0 unspecified atom stereocenters. The van der Waals surface area contributed by atoms with Gasteiger partial charge in [0.15, 0.2) is 0 Å². The summed E-state index contributed by atoms with van der Waals surface area (Å²) in [5, 5.41) is 0. The minimum absolute atomic E-state index is 0.0332. The largest absolute Gasteiger partial charge is 0.337 e. The fourth-order valence-electron chi connectivity index (χ4n) is 5.27. The first-order valence-electron chi connectivity index (χ1n) is 8.51. The molecule has 6 heteroatoms. The van der Waals surface area contributed by atoms with E-state index in [1.165, 1.54) is 11.3 Å². The van der Waals surface area contributed by atoms with Gasteiger partial charge >= 0.3 is 0 Å². The maximum Gasteiger partial charge on any atom is 0.266 e. The highest BCUT2D eigenvalue weighted by Gasteiger charge is 2.60. The van der Waals surface area contributed by atoms with Gasteiger partial charge in [-0.25, -0.2) is 0 Å². The van der Waals surface area contributed by atoms with Crippen LogP contribution in [0.15, 0.2) is 11.7 Å². The summed E-state index contributed by atoms with van der Waals surface area (Å²) in [6, 6.07) is 0.680. The van der Waals surface area contributed by atoms with Gasteiger partial charge in [0.2, 0.25) is 5.91 Å². The van der Waals surface area contributed by atoms with Crippen molar-refractivity contribution in [2.75, 3.05) is 6.54 Å². The van der Waals surface area contributed by atoms with E-state index < -0.39 is 0 Å². The quantitative estimate of drug-likeness (QED) is 0.793. The lowest BCUT2D eigenvalue weighted by molar-refractivity contribution is -0.136. The summed E-state index contributed by atoms with van der Waals surface area (Å²) < 4.78 is 0. The van der Waals surface area contributed by atoms with E-state index in [1.807, 2.05) is 4.90 Å². The fraction of sp³-hybridized carbons (Fsp3) is 0.706. The molecule has 4 rings (SSSR count). The van der Waals surface area contributed by atoms with Gasteiger partial charge in [0.1, 0.15) is 4.88 Å². The van der Waals surface area contributed by atoms with E-state index in [4.69, 9.17) is 0 Å². The molecule has 3 fully saturated rings.